The monoisotopic (exact) mass is 221 g/mol. The normalized spacial score (nSPS) is 10.0. The van der Waals surface area contributed by atoms with Gasteiger partial charge in [0, 0.05) is 24.8 Å². The molecule has 1 rings (SSSR count). The highest BCUT2D eigenvalue weighted by Gasteiger charge is 2.01. The molecule has 0 saturated carbocycles. The Morgan fingerprint density at radius 3 is 2.94 bits per heavy atom. The lowest BCUT2D eigenvalue weighted by Crippen LogP contribution is -2.34. The number of aromatic nitrogens is 2. The summed E-state index contributed by atoms with van der Waals surface area (Å²) in [6, 6.07) is 0. The Bertz CT molecular complexity index is 493. The van der Waals surface area contributed by atoms with Crippen molar-refractivity contribution in [2.75, 3.05) is 13.1 Å². The van der Waals surface area contributed by atoms with E-state index in [0.29, 0.717) is 31.6 Å². The van der Waals surface area contributed by atoms with Gasteiger partial charge in [-0.05, 0) is 6.42 Å². The Labute approximate surface area is 93.5 Å². The van der Waals surface area contributed by atoms with Gasteiger partial charge in [-0.2, -0.15) is 0 Å². The fourth-order valence-corrected chi connectivity index (χ4v) is 1.33. The van der Waals surface area contributed by atoms with E-state index in [0.717, 1.165) is 0 Å². The maximum absolute atomic E-state index is 11.4. The lowest BCUT2D eigenvalue weighted by molar-refractivity contribution is 0.593. The predicted molar refractivity (Wildman–Crippen MR) is 62.4 cm³/mol. The van der Waals surface area contributed by atoms with Gasteiger partial charge < -0.3 is 5.32 Å². The summed E-state index contributed by atoms with van der Waals surface area (Å²) in [6.07, 6.45) is 7.28. The summed E-state index contributed by atoms with van der Waals surface area (Å²) >= 11 is 0. The van der Waals surface area contributed by atoms with Crippen LogP contribution in [0.3, 0.4) is 0 Å². The van der Waals surface area contributed by atoms with Gasteiger partial charge in [0.15, 0.2) is 0 Å². The molecule has 0 spiro atoms. The zero-order valence-electron chi connectivity index (χ0n) is 9.25. The third kappa shape index (κ3) is 3.11. The molecular formula is C11H15N3O2. The third-order valence-electron chi connectivity index (χ3n) is 2.22. The number of aromatic amines is 1. The second-order valence-electron chi connectivity index (χ2n) is 3.34. The summed E-state index contributed by atoms with van der Waals surface area (Å²) in [5.41, 5.74) is -0.0819. The minimum atomic E-state index is -0.385. The predicted octanol–water partition coefficient (Wildman–Crippen LogP) is -0.678. The molecule has 1 heterocycles. The quantitative estimate of drug-likeness (QED) is 0.511. The van der Waals surface area contributed by atoms with E-state index >= 15 is 0 Å². The van der Waals surface area contributed by atoms with Crippen LogP contribution in [0.4, 0.5) is 0 Å². The van der Waals surface area contributed by atoms with Crippen molar-refractivity contribution in [2.45, 2.75) is 19.9 Å². The van der Waals surface area contributed by atoms with Crippen LogP contribution >= 0.6 is 0 Å². The Kier molecular flexibility index (Phi) is 4.55. The maximum atomic E-state index is 11.4. The molecule has 0 amide bonds. The van der Waals surface area contributed by atoms with Gasteiger partial charge in [-0.25, -0.2) is 4.79 Å². The van der Waals surface area contributed by atoms with Crippen molar-refractivity contribution in [2.24, 2.45) is 0 Å². The van der Waals surface area contributed by atoms with Crippen molar-refractivity contribution in [3.8, 4) is 12.3 Å². The Hall–Kier alpha value is -1.80. The van der Waals surface area contributed by atoms with Crippen LogP contribution in [0.5, 0.6) is 0 Å². The van der Waals surface area contributed by atoms with Gasteiger partial charge in [-0.15, -0.1) is 6.42 Å². The van der Waals surface area contributed by atoms with Crippen LogP contribution < -0.4 is 16.6 Å². The first-order valence-corrected chi connectivity index (χ1v) is 5.15. The number of hydrogen-bond acceptors (Lipinski definition) is 3. The molecule has 5 nitrogen and oxygen atoms in total. The van der Waals surface area contributed by atoms with Crippen LogP contribution in [0.25, 0.3) is 0 Å². The van der Waals surface area contributed by atoms with Crippen LogP contribution in [0.1, 0.15) is 12.5 Å². The summed E-state index contributed by atoms with van der Waals surface area (Å²) in [5.74, 6) is 2.44. The second kappa shape index (κ2) is 5.93. The van der Waals surface area contributed by atoms with Crippen molar-refractivity contribution in [1.82, 2.24) is 14.9 Å². The van der Waals surface area contributed by atoms with Crippen LogP contribution in [-0.2, 0) is 13.0 Å². The molecule has 2 N–H and O–H groups in total. The second-order valence-corrected chi connectivity index (χ2v) is 3.34. The Morgan fingerprint density at radius 2 is 2.31 bits per heavy atom. The van der Waals surface area contributed by atoms with Crippen molar-refractivity contribution >= 4 is 0 Å². The largest absolute Gasteiger partial charge is 0.328 e. The number of terminal acetylenes is 1. The Balaban J connectivity index is 2.77. The highest BCUT2D eigenvalue weighted by molar-refractivity contribution is 5.03. The number of rotatable bonds is 5. The molecule has 86 valence electrons. The van der Waals surface area contributed by atoms with Gasteiger partial charge in [-0.3, -0.25) is 14.3 Å². The lowest BCUT2D eigenvalue weighted by atomic mass is 10.3. The van der Waals surface area contributed by atoms with Crippen LogP contribution in [-0.4, -0.2) is 22.6 Å². The van der Waals surface area contributed by atoms with Crippen molar-refractivity contribution < 1.29 is 0 Å². The zero-order valence-corrected chi connectivity index (χ0v) is 9.25. The van der Waals surface area contributed by atoms with E-state index in [1.165, 1.54) is 4.57 Å². The standard InChI is InChI=1S/C11H15N3O2/c1-3-5-12-6-7-14-8-9(4-2)10(15)13-11(14)16/h1,8,12H,4-7H2,2H3,(H,13,15,16). The molecule has 0 aromatic carbocycles. The van der Waals surface area contributed by atoms with E-state index in [-0.39, 0.29) is 11.2 Å². The fourth-order valence-electron chi connectivity index (χ4n) is 1.33. The fraction of sp³-hybridized carbons (Fsp3) is 0.455. The minimum absolute atomic E-state index is 0.305. The van der Waals surface area contributed by atoms with E-state index in [1.54, 1.807) is 6.20 Å². The minimum Gasteiger partial charge on any atom is -0.304 e. The molecule has 0 aliphatic rings. The van der Waals surface area contributed by atoms with Crippen molar-refractivity contribution in [3.05, 3.63) is 32.6 Å². The summed E-state index contributed by atoms with van der Waals surface area (Å²) in [5, 5.41) is 2.98. The summed E-state index contributed by atoms with van der Waals surface area (Å²) < 4.78 is 1.48. The van der Waals surface area contributed by atoms with Crippen molar-refractivity contribution in [3.63, 3.8) is 0 Å². The Morgan fingerprint density at radius 1 is 1.56 bits per heavy atom. The van der Waals surface area contributed by atoms with Gasteiger partial charge >= 0.3 is 5.69 Å². The van der Waals surface area contributed by atoms with Gasteiger partial charge in [0.1, 0.15) is 0 Å². The molecule has 0 radical (unpaired) electrons. The average Bonchev–Trinajstić information content (AvgIpc) is 2.27. The number of aryl methyl sites for hydroxylation is 1. The molecule has 0 fully saturated rings. The molecule has 5 heteroatoms. The number of nitrogens with zero attached hydrogens (tertiary/aromatic N) is 1. The van der Waals surface area contributed by atoms with Gasteiger partial charge in [-0.1, -0.05) is 12.8 Å². The topological polar surface area (TPSA) is 66.9 Å². The molecule has 1 aromatic heterocycles. The first-order valence-electron chi connectivity index (χ1n) is 5.15. The molecule has 1 aromatic rings. The van der Waals surface area contributed by atoms with Crippen LogP contribution in [0.2, 0.25) is 0 Å². The molecule has 0 unspecified atom stereocenters. The molecule has 0 aliphatic carbocycles. The number of H-pyrrole nitrogens is 1. The van der Waals surface area contributed by atoms with E-state index < -0.39 is 0 Å². The number of hydrogen-bond donors (Lipinski definition) is 2. The highest BCUT2D eigenvalue weighted by Crippen LogP contribution is 1.88. The van der Waals surface area contributed by atoms with E-state index in [4.69, 9.17) is 6.42 Å². The highest BCUT2D eigenvalue weighted by atomic mass is 16.2. The molecule has 16 heavy (non-hydrogen) atoms. The summed E-state index contributed by atoms with van der Waals surface area (Å²) in [4.78, 5) is 25.0. The van der Waals surface area contributed by atoms with Crippen molar-refractivity contribution in [1.29, 1.82) is 0 Å². The van der Waals surface area contributed by atoms with E-state index in [9.17, 15) is 9.59 Å². The summed E-state index contributed by atoms with van der Waals surface area (Å²) in [6.45, 7) is 3.43. The number of nitrogens with one attached hydrogen (secondary N) is 2. The van der Waals surface area contributed by atoms with Crippen LogP contribution in [0, 0.1) is 12.3 Å². The summed E-state index contributed by atoms with van der Waals surface area (Å²) in [7, 11) is 0. The first-order chi connectivity index (χ1) is 7.69. The zero-order chi connectivity index (χ0) is 12.0. The molecule has 0 aliphatic heterocycles. The maximum Gasteiger partial charge on any atom is 0.328 e. The molecule has 0 atom stereocenters. The molecule has 0 saturated heterocycles. The first kappa shape index (κ1) is 12.3. The van der Waals surface area contributed by atoms with Gasteiger partial charge in [0.25, 0.3) is 5.56 Å². The average molecular weight is 221 g/mol. The van der Waals surface area contributed by atoms with E-state index in [2.05, 4.69) is 16.2 Å². The lowest BCUT2D eigenvalue weighted by Gasteiger charge is -2.06. The van der Waals surface area contributed by atoms with E-state index in [1.807, 2.05) is 6.92 Å². The van der Waals surface area contributed by atoms with Crippen LogP contribution in [0.15, 0.2) is 15.8 Å². The smallest absolute Gasteiger partial charge is 0.304 e. The molecule has 0 bridgehead atoms. The molecular weight excluding hydrogens is 206 g/mol. The third-order valence-corrected chi connectivity index (χ3v) is 2.22. The van der Waals surface area contributed by atoms with Gasteiger partial charge in [0.05, 0.1) is 6.54 Å². The van der Waals surface area contributed by atoms with Gasteiger partial charge in [0.2, 0.25) is 0 Å². The SMILES string of the molecule is C#CCNCCn1cc(CC)c(=O)[nH]c1=O.